The Kier molecular flexibility index (Phi) is 3.87. The quantitative estimate of drug-likeness (QED) is 0.841. The number of rotatable bonds is 3. The van der Waals surface area contributed by atoms with Gasteiger partial charge in [0, 0.05) is 17.5 Å². The molecular formula is C13H16ClN3S2. The van der Waals surface area contributed by atoms with E-state index < -0.39 is 0 Å². The van der Waals surface area contributed by atoms with Crippen LogP contribution in [-0.2, 0) is 0 Å². The van der Waals surface area contributed by atoms with Crippen molar-refractivity contribution in [2.45, 2.75) is 37.5 Å². The van der Waals surface area contributed by atoms with Gasteiger partial charge in [-0.05, 0) is 43.3 Å². The minimum absolute atomic E-state index is 0.471. The third-order valence-electron chi connectivity index (χ3n) is 3.65. The summed E-state index contributed by atoms with van der Waals surface area (Å²) in [7, 11) is 0. The number of thioether (sulfide) groups is 1. The Morgan fingerprint density at radius 2 is 2.42 bits per heavy atom. The number of pyridine rings is 1. The Hall–Kier alpha value is -0.520. The van der Waals surface area contributed by atoms with Crippen LogP contribution in [0.4, 0.5) is 0 Å². The second kappa shape index (κ2) is 5.46. The van der Waals surface area contributed by atoms with Crippen LogP contribution in [0.25, 0.3) is 11.2 Å². The highest BCUT2D eigenvalue weighted by atomic mass is 35.5. The molecule has 6 heteroatoms. The van der Waals surface area contributed by atoms with Gasteiger partial charge in [0.2, 0.25) is 0 Å². The number of imidazole rings is 1. The topological polar surface area (TPSA) is 33.6 Å². The number of nitrogens with zero attached hydrogens (tertiary/aromatic N) is 2. The Morgan fingerprint density at radius 3 is 3.21 bits per heavy atom. The molecule has 0 spiro atoms. The lowest BCUT2D eigenvalue weighted by Gasteiger charge is -2.13. The first-order chi connectivity index (χ1) is 9.19. The van der Waals surface area contributed by atoms with Gasteiger partial charge in [-0.2, -0.15) is 11.8 Å². The number of aromatic nitrogens is 3. The van der Waals surface area contributed by atoms with Crippen LogP contribution in [0.3, 0.4) is 0 Å². The van der Waals surface area contributed by atoms with Crippen molar-refractivity contribution in [2.75, 3.05) is 5.75 Å². The molecule has 3 nitrogen and oxygen atoms in total. The summed E-state index contributed by atoms with van der Waals surface area (Å²) in [5.74, 6) is 1.19. The van der Waals surface area contributed by atoms with Gasteiger partial charge in [0.25, 0.3) is 0 Å². The predicted octanol–water partition coefficient (Wildman–Crippen LogP) is 4.59. The maximum absolute atomic E-state index is 5.98. The minimum Gasteiger partial charge on any atom is -0.329 e. The monoisotopic (exact) mass is 313 g/mol. The summed E-state index contributed by atoms with van der Waals surface area (Å²) in [6.45, 7) is 2.22. The van der Waals surface area contributed by atoms with Gasteiger partial charge in [-0.15, -0.1) is 0 Å². The van der Waals surface area contributed by atoms with E-state index in [1.807, 2.05) is 6.07 Å². The van der Waals surface area contributed by atoms with Gasteiger partial charge in [-0.1, -0.05) is 18.5 Å². The molecule has 19 heavy (non-hydrogen) atoms. The van der Waals surface area contributed by atoms with Gasteiger partial charge >= 0.3 is 0 Å². The maximum atomic E-state index is 5.98. The highest BCUT2D eigenvalue weighted by molar-refractivity contribution is 7.99. The molecule has 1 saturated carbocycles. The highest BCUT2D eigenvalue weighted by Crippen LogP contribution is 2.38. The van der Waals surface area contributed by atoms with E-state index in [4.69, 9.17) is 23.8 Å². The molecule has 102 valence electrons. The molecule has 2 atom stereocenters. The maximum Gasteiger partial charge on any atom is 0.179 e. The van der Waals surface area contributed by atoms with E-state index in [1.165, 1.54) is 25.0 Å². The van der Waals surface area contributed by atoms with Crippen LogP contribution >= 0.6 is 35.6 Å². The molecule has 1 N–H and O–H groups in total. The summed E-state index contributed by atoms with van der Waals surface area (Å²) in [6, 6.07) is 2.36. The van der Waals surface area contributed by atoms with Gasteiger partial charge < -0.3 is 4.98 Å². The molecule has 0 saturated heterocycles. The summed E-state index contributed by atoms with van der Waals surface area (Å²) >= 11 is 13.5. The first-order valence-electron chi connectivity index (χ1n) is 6.56. The van der Waals surface area contributed by atoms with E-state index >= 15 is 0 Å². The van der Waals surface area contributed by atoms with Gasteiger partial charge in [-0.3, -0.25) is 4.57 Å². The third kappa shape index (κ3) is 2.56. The normalized spacial score (nSPS) is 23.3. The molecule has 1 aliphatic carbocycles. The molecule has 2 aromatic heterocycles. The Labute approximate surface area is 126 Å². The van der Waals surface area contributed by atoms with Crippen molar-refractivity contribution in [2.24, 2.45) is 0 Å². The third-order valence-corrected chi connectivity index (χ3v) is 5.38. The zero-order chi connectivity index (χ0) is 13.4. The van der Waals surface area contributed by atoms with Crippen molar-refractivity contribution in [3.8, 4) is 0 Å². The highest BCUT2D eigenvalue weighted by Gasteiger charge is 2.27. The molecule has 2 heterocycles. The van der Waals surface area contributed by atoms with Crippen LogP contribution in [0, 0.1) is 4.77 Å². The van der Waals surface area contributed by atoms with Gasteiger partial charge in [-0.25, -0.2) is 4.98 Å². The SMILES string of the molecule is CCSC1CCC(n2c(=S)[nH]c3cc(Cl)cnc32)C1. The van der Waals surface area contributed by atoms with Crippen molar-refractivity contribution >= 4 is 46.7 Å². The number of hydrogen-bond acceptors (Lipinski definition) is 3. The molecule has 2 unspecified atom stereocenters. The van der Waals surface area contributed by atoms with Crippen LogP contribution in [-0.4, -0.2) is 25.5 Å². The van der Waals surface area contributed by atoms with E-state index in [0.717, 1.165) is 21.2 Å². The number of aromatic amines is 1. The van der Waals surface area contributed by atoms with Crippen LogP contribution < -0.4 is 0 Å². The van der Waals surface area contributed by atoms with Crippen LogP contribution in [0.2, 0.25) is 5.02 Å². The average molecular weight is 314 g/mol. The van der Waals surface area contributed by atoms with Crippen molar-refractivity contribution < 1.29 is 0 Å². The summed E-state index contributed by atoms with van der Waals surface area (Å²) in [5.41, 5.74) is 1.87. The molecule has 0 bridgehead atoms. The van der Waals surface area contributed by atoms with Crippen molar-refractivity contribution in [3.05, 3.63) is 22.1 Å². The second-order valence-electron chi connectivity index (χ2n) is 4.87. The van der Waals surface area contributed by atoms with Gasteiger partial charge in [0.15, 0.2) is 10.4 Å². The first-order valence-corrected chi connectivity index (χ1v) is 8.40. The zero-order valence-corrected chi connectivity index (χ0v) is 13.1. The minimum atomic E-state index is 0.471. The van der Waals surface area contributed by atoms with Crippen molar-refractivity contribution in [1.82, 2.24) is 14.5 Å². The van der Waals surface area contributed by atoms with E-state index in [2.05, 4.69) is 33.2 Å². The molecule has 0 amide bonds. The number of nitrogens with one attached hydrogen (secondary N) is 1. The number of fused-ring (bicyclic) bond motifs is 1. The van der Waals surface area contributed by atoms with Crippen LogP contribution in [0.1, 0.15) is 32.2 Å². The molecular weight excluding hydrogens is 298 g/mol. The smallest absolute Gasteiger partial charge is 0.179 e. The Balaban J connectivity index is 1.97. The molecule has 0 radical (unpaired) electrons. The second-order valence-corrected chi connectivity index (χ2v) is 7.27. The predicted molar refractivity (Wildman–Crippen MR) is 84.7 cm³/mol. The number of hydrogen-bond donors (Lipinski definition) is 1. The summed E-state index contributed by atoms with van der Waals surface area (Å²) in [5, 5.41) is 1.40. The van der Waals surface area contributed by atoms with E-state index in [9.17, 15) is 0 Å². The molecule has 2 aromatic rings. The number of H-pyrrole nitrogens is 1. The molecule has 1 fully saturated rings. The van der Waals surface area contributed by atoms with Crippen molar-refractivity contribution in [1.29, 1.82) is 0 Å². The summed E-state index contributed by atoms with van der Waals surface area (Å²) < 4.78 is 2.94. The van der Waals surface area contributed by atoms with E-state index in [0.29, 0.717) is 11.1 Å². The average Bonchev–Trinajstić information content (AvgIpc) is 2.92. The summed E-state index contributed by atoms with van der Waals surface area (Å²) in [4.78, 5) is 7.66. The zero-order valence-electron chi connectivity index (χ0n) is 10.7. The molecule has 1 aliphatic rings. The van der Waals surface area contributed by atoms with Gasteiger partial charge in [0.1, 0.15) is 0 Å². The van der Waals surface area contributed by atoms with E-state index in [-0.39, 0.29) is 0 Å². The van der Waals surface area contributed by atoms with Crippen LogP contribution in [0.15, 0.2) is 12.3 Å². The lowest BCUT2D eigenvalue weighted by molar-refractivity contribution is 0.524. The standard InChI is InChI=1S/C13H16ClN3S2/c1-2-19-10-4-3-9(6-10)17-12-11(16-13(17)18)5-8(14)7-15-12/h5,7,9-10H,2-4,6H2,1H3,(H,16,18). The van der Waals surface area contributed by atoms with Gasteiger partial charge in [0.05, 0.1) is 10.5 Å². The molecule has 0 aliphatic heterocycles. The first kappa shape index (κ1) is 13.5. The Bertz CT molecular complexity index is 649. The Morgan fingerprint density at radius 1 is 1.58 bits per heavy atom. The lowest BCUT2D eigenvalue weighted by atomic mass is 10.2. The lowest BCUT2D eigenvalue weighted by Crippen LogP contribution is -2.07. The van der Waals surface area contributed by atoms with Crippen molar-refractivity contribution in [3.63, 3.8) is 0 Å². The fraction of sp³-hybridized carbons (Fsp3) is 0.538. The fourth-order valence-corrected chi connectivity index (χ4v) is 4.50. The fourth-order valence-electron chi connectivity index (χ4n) is 2.87. The number of halogens is 1. The molecule has 3 rings (SSSR count). The summed E-state index contributed by atoms with van der Waals surface area (Å²) in [6.07, 6.45) is 5.33. The van der Waals surface area contributed by atoms with E-state index in [1.54, 1.807) is 6.20 Å². The van der Waals surface area contributed by atoms with Crippen LogP contribution in [0.5, 0.6) is 0 Å². The largest absolute Gasteiger partial charge is 0.329 e. The molecule has 0 aromatic carbocycles.